The molecule has 0 radical (unpaired) electrons. The molecule has 2 heteroatoms. The Balaban J connectivity index is 1.99. The van der Waals surface area contributed by atoms with Crippen LogP contribution < -0.4 is 5.32 Å². The summed E-state index contributed by atoms with van der Waals surface area (Å²) in [6.07, 6.45) is 1.30. The Labute approximate surface area is 91.6 Å². The van der Waals surface area contributed by atoms with E-state index in [1.54, 1.807) is 7.11 Å². The monoisotopic (exact) mass is 205 g/mol. The van der Waals surface area contributed by atoms with Crippen molar-refractivity contribution in [3.8, 4) is 0 Å². The lowest BCUT2D eigenvalue weighted by Crippen LogP contribution is -2.27. The minimum Gasteiger partial charge on any atom is -0.383 e. The Morgan fingerprint density at radius 1 is 1.40 bits per heavy atom. The van der Waals surface area contributed by atoms with Crippen molar-refractivity contribution >= 4 is 0 Å². The summed E-state index contributed by atoms with van der Waals surface area (Å²) in [7, 11) is 1.76. The van der Waals surface area contributed by atoms with Gasteiger partial charge in [0.1, 0.15) is 0 Å². The Bertz CT molecular complexity index is 299. The van der Waals surface area contributed by atoms with Gasteiger partial charge in [0.15, 0.2) is 0 Å². The van der Waals surface area contributed by atoms with Gasteiger partial charge in [0.05, 0.1) is 12.6 Å². The molecule has 0 spiro atoms. The van der Waals surface area contributed by atoms with Crippen LogP contribution in [0.5, 0.6) is 0 Å². The topological polar surface area (TPSA) is 21.3 Å². The molecular formula is C13H19NO. The molecule has 3 atom stereocenters. The lowest BCUT2D eigenvalue weighted by atomic mass is 10.1. The quantitative estimate of drug-likeness (QED) is 0.797. The highest BCUT2D eigenvalue weighted by Gasteiger charge is 2.34. The number of hydrogen-bond acceptors (Lipinski definition) is 2. The molecule has 1 fully saturated rings. The predicted molar refractivity (Wildman–Crippen MR) is 61.8 cm³/mol. The number of benzene rings is 1. The first-order chi connectivity index (χ1) is 7.31. The predicted octanol–water partition coefficient (Wildman–Crippen LogP) is 2.37. The molecule has 0 bridgehead atoms. The van der Waals surface area contributed by atoms with Crippen molar-refractivity contribution in [2.24, 2.45) is 5.92 Å². The SMILES string of the molecule is COCC(NC1CC1C)c1ccccc1. The van der Waals surface area contributed by atoms with Gasteiger partial charge in [-0.05, 0) is 17.9 Å². The molecule has 1 aliphatic carbocycles. The first-order valence-electron chi connectivity index (χ1n) is 5.61. The minimum atomic E-state index is 0.339. The van der Waals surface area contributed by atoms with Crippen molar-refractivity contribution in [2.45, 2.75) is 25.4 Å². The Morgan fingerprint density at radius 2 is 2.07 bits per heavy atom. The van der Waals surface area contributed by atoms with Crippen LogP contribution in [0.25, 0.3) is 0 Å². The second kappa shape index (κ2) is 4.77. The zero-order valence-electron chi connectivity index (χ0n) is 9.44. The first kappa shape index (κ1) is 10.7. The molecule has 1 saturated carbocycles. The number of hydrogen-bond donors (Lipinski definition) is 1. The van der Waals surface area contributed by atoms with E-state index in [4.69, 9.17) is 4.74 Å². The maximum Gasteiger partial charge on any atom is 0.0657 e. The van der Waals surface area contributed by atoms with Gasteiger partial charge in [-0.15, -0.1) is 0 Å². The largest absolute Gasteiger partial charge is 0.383 e. The van der Waals surface area contributed by atoms with Crippen molar-refractivity contribution in [1.82, 2.24) is 5.32 Å². The molecule has 0 amide bonds. The minimum absolute atomic E-state index is 0.339. The fraction of sp³-hybridized carbons (Fsp3) is 0.538. The van der Waals surface area contributed by atoms with E-state index in [0.29, 0.717) is 12.1 Å². The molecule has 2 nitrogen and oxygen atoms in total. The molecule has 1 aliphatic rings. The van der Waals surface area contributed by atoms with Crippen LogP contribution in [-0.4, -0.2) is 19.8 Å². The van der Waals surface area contributed by atoms with Crippen LogP contribution in [0.2, 0.25) is 0 Å². The van der Waals surface area contributed by atoms with Crippen LogP contribution in [0, 0.1) is 5.92 Å². The summed E-state index contributed by atoms with van der Waals surface area (Å²) in [5, 5.41) is 3.63. The molecule has 0 aliphatic heterocycles. The summed E-state index contributed by atoms with van der Waals surface area (Å²) in [5.74, 6) is 0.827. The fourth-order valence-corrected chi connectivity index (χ4v) is 1.91. The highest BCUT2D eigenvalue weighted by molar-refractivity contribution is 5.19. The highest BCUT2D eigenvalue weighted by atomic mass is 16.5. The van der Waals surface area contributed by atoms with E-state index in [1.165, 1.54) is 12.0 Å². The van der Waals surface area contributed by atoms with Gasteiger partial charge >= 0.3 is 0 Å². The van der Waals surface area contributed by atoms with Crippen LogP contribution in [0.3, 0.4) is 0 Å². The summed E-state index contributed by atoms with van der Waals surface area (Å²) < 4.78 is 5.26. The third-order valence-electron chi connectivity index (χ3n) is 3.06. The maximum atomic E-state index is 5.26. The van der Waals surface area contributed by atoms with E-state index in [2.05, 4.69) is 36.5 Å². The van der Waals surface area contributed by atoms with E-state index in [-0.39, 0.29) is 0 Å². The van der Waals surface area contributed by atoms with Gasteiger partial charge in [0, 0.05) is 13.2 Å². The normalized spacial score (nSPS) is 26.3. The number of nitrogens with one attached hydrogen (secondary N) is 1. The van der Waals surface area contributed by atoms with Crippen LogP contribution in [0.15, 0.2) is 30.3 Å². The number of ether oxygens (including phenoxy) is 1. The molecular weight excluding hydrogens is 186 g/mol. The highest BCUT2D eigenvalue weighted by Crippen LogP contribution is 2.31. The van der Waals surface area contributed by atoms with E-state index in [0.717, 1.165) is 12.5 Å². The van der Waals surface area contributed by atoms with E-state index < -0.39 is 0 Å². The van der Waals surface area contributed by atoms with Gasteiger partial charge in [-0.1, -0.05) is 37.3 Å². The zero-order chi connectivity index (χ0) is 10.7. The third-order valence-corrected chi connectivity index (χ3v) is 3.06. The fourth-order valence-electron chi connectivity index (χ4n) is 1.91. The smallest absolute Gasteiger partial charge is 0.0657 e. The van der Waals surface area contributed by atoms with Gasteiger partial charge in [-0.2, -0.15) is 0 Å². The average molecular weight is 205 g/mol. The molecule has 3 unspecified atom stereocenters. The molecule has 15 heavy (non-hydrogen) atoms. The van der Waals surface area contributed by atoms with E-state index >= 15 is 0 Å². The molecule has 1 aromatic carbocycles. The van der Waals surface area contributed by atoms with E-state index in [9.17, 15) is 0 Å². The maximum absolute atomic E-state index is 5.26. The van der Waals surface area contributed by atoms with Crippen molar-refractivity contribution in [3.05, 3.63) is 35.9 Å². The molecule has 82 valence electrons. The van der Waals surface area contributed by atoms with Gasteiger partial charge in [-0.25, -0.2) is 0 Å². The van der Waals surface area contributed by atoms with E-state index in [1.807, 2.05) is 6.07 Å². The zero-order valence-corrected chi connectivity index (χ0v) is 9.44. The summed E-state index contributed by atoms with van der Waals surface area (Å²) in [4.78, 5) is 0. The van der Waals surface area contributed by atoms with Gasteiger partial charge in [0.2, 0.25) is 0 Å². The third kappa shape index (κ3) is 2.80. The number of rotatable bonds is 5. The number of methoxy groups -OCH3 is 1. The van der Waals surface area contributed by atoms with Crippen LogP contribution in [0.1, 0.15) is 24.9 Å². The second-order valence-corrected chi connectivity index (χ2v) is 4.40. The second-order valence-electron chi connectivity index (χ2n) is 4.40. The lowest BCUT2D eigenvalue weighted by molar-refractivity contribution is 0.165. The first-order valence-corrected chi connectivity index (χ1v) is 5.61. The van der Waals surface area contributed by atoms with Gasteiger partial charge in [-0.3, -0.25) is 0 Å². The van der Waals surface area contributed by atoms with Crippen molar-refractivity contribution < 1.29 is 4.74 Å². The van der Waals surface area contributed by atoms with Crippen molar-refractivity contribution in [2.75, 3.05) is 13.7 Å². The Morgan fingerprint density at radius 3 is 2.60 bits per heavy atom. The molecule has 2 rings (SSSR count). The van der Waals surface area contributed by atoms with Crippen LogP contribution in [-0.2, 0) is 4.74 Å². The van der Waals surface area contributed by atoms with Crippen LogP contribution in [0.4, 0.5) is 0 Å². The standard InChI is InChI=1S/C13H19NO/c1-10-8-12(10)14-13(9-15-2)11-6-4-3-5-7-11/h3-7,10,12-14H,8-9H2,1-2H3. The lowest BCUT2D eigenvalue weighted by Gasteiger charge is -2.18. The van der Waals surface area contributed by atoms with Crippen LogP contribution >= 0.6 is 0 Å². The molecule has 0 heterocycles. The van der Waals surface area contributed by atoms with Gasteiger partial charge in [0.25, 0.3) is 0 Å². The molecule has 1 N–H and O–H groups in total. The molecule has 0 aromatic heterocycles. The average Bonchev–Trinajstić information content (AvgIpc) is 2.95. The van der Waals surface area contributed by atoms with Gasteiger partial charge < -0.3 is 10.1 Å². The summed E-state index contributed by atoms with van der Waals surface area (Å²) in [5.41, 5.74) is 1.32. The summed E-state index contributed by atoms with van der Waals surface area (Å²) in [6, 6.07) is 11.5. The summed E-state index contributed by atoms with van der Waals surface area (Å²) >= 11 is 0. The summed E-state index contributed by atoms with van der Waals surface area (Å²) in [6.45, 7) is 3.03. The Kier molecular flexibility index (Phi) is 3.39. The van der Waals surface area contributed by atoms with Crippen molar-refractivity contribution in [3.63, 3.8) is 0 Å². The van der Waals surface area contributed by atoms with Crippen molar-refractivity contribution in [1.29, 1.82) is 0 Å². The Hall–Kier alpha value is -0.860. The molecule has 0 saturated heterocycles. The molecule has 1 aromatic rings.